The zero-order valence-corrected chi connectivity index (χ0v) is 12.9. The minimum atomic E-state index is -1.08. The first-order valence-corrected chi connectivity index (χ1v) is 7.55. The highest BCUT2D eigenvalue weighted by molar-refractivity contribution is 5.79. The molecule has 1 heterocycles. The molecule has 2 amide bonds. The number of rotatable bonds is 5. The van der Waals surface area contributed by atoms with E-state index in [-0.39, 0.29) is 30.5 Å². The average molecular weight is 326 g/mol. The average Bonchev–Trinajstić information content (AvgIpc) is 2.94. The molecular formula is C16H20F2N2O3. The van der Waals surface area contributed by atoms with Crippen molar-refractivity contribution < 1.29 is 23.5 Å². The maximum absolute atomic E-state index is 14.0. The molecule has 1 aromatic carbocycles. The molecule has 126 valence electrons. The van der Waals surface area contributed by atoms with E-state index in [1.807, 2.05) is 0 Å². The van der Waals surface area contributed by atoms with E-state index in [0.29, 0.717) is 13.0 Å². The fraction of sp³-hybridized carbons (Fsp3) is 0.500. The maximum Gasteiger partial charge on any atom is 0.225 e. The zero-order valence-electron chi connectivity index (χ0n) is 12.9. The van der Waals surface area contributed by atoms with Gasteiger partial charge in [0.25, 0.3) is 0 Å². The largest absolute Gasteiger partial charge is 0.394 e. The van der Waals surface area contributed by atoms with Crippen LogP contribution in [0.1, 0.15) is 37.8 Å². The summed E-state index contributed by atoms with van der Waals surface area (Å²) in [5, 5.41) is 11.7. The molecule has 0 radical (unpaired) electrons. The third-order valence-electron chi connectivity index (χ3n) is 4.01. The Morgan fingerprint density at radius 3 is 2.61 bits per heavy atom. The predicted molar refractivity (Wildman–Crippen MR) is 79.4 cm³/mol. The van der Waals surface area contributed by atoms with E-state index >= 15 is 0 Å². The van der Waals surface area contributed by atoms with E-state index in [4.69, 9.17) is 0 Å². The number of carbonyl (C=O) groups excluding carboxylic acids is 2. The molecule has 1 aliphatic rings. The molecule has 0 spiro atoms. The minimum Gasteiger partial charge on any atom is -0.394 e. The monoisotopic (exact) mass is 326 g/mol. The molecule has 0 saturated carbocycles. The summed E-state index contributed by atoms with van der Waals surface area (Å²) < 4.78 is 27.9. The summed E-state index contributed by atoms with van der Waals surface area (Å²) >= 11 is 0. The van der Waals surface area contributed by atoms with Gasteiger partial charge < -0.3 is 15.3 Å². The van der Waals surface area contributed by atoms with Crippen molar-refractivity contribution in [1.29, 1.82) is 0 Å². The van der Waals surface area contributed by atoms with Crippen LogP contribution >= 0.6 is 0 Å². The van der Waals surface area contributed by atoms with Crippen LogP contribution < -0.4 is 5.32 Å². The molecule has 1 aliphatic heterocycles. The number of benzene rings is 1. The molecule has 7 heteroatoms. The van der Waals surface area contributed by atoms with Gasteiger partial charge in [0.15, 0.2) is 0 Å². The van der Waals surface area contributed by atoms with Crippen molar-refractivity contribution in [3.63, 3.8) is 0 Å². The van der Waals surface area contributed by atoms with Gasteiger partial charge in [0.2, 0.25) is 11.8 Å². The lowest BCUT2D eigenvalue weighted by molar-refractivity contribution is -0.133. The van der Waals surface area contributed by atoms with E-state index in [0.717, 1.165) is 18.6 Å². The van der Waals surface area contributed by atoms with Crippen LogP contribution in [0, 0.1) is 11.6 Å². The van der Waals surface area contributed by atoms with Crippen molar-refractivity contribution in [1.82, 2.24) is 10.2 Å². The first kappa shape index (κ1) is 17.3. The maximum atomic E-state index is 14.0. The summed E-state index contributed by atoms with van der Waals surface area (Å²) in [5.41, 5.74) is -0.323. The van der Waals surface area contributed by atoms with Crippen molar-refractivity contribution >= 4 is 11.8 Å². The number of aliphatic hydroxyl groups excluding tert-OH is 1. The Labute approximate surface area is 133 Å². The first-order chi connectivity index (χ1) is 10.9. The molecule has 0 aliphatic carbocycles. The Hall–Kier alpha value is -2.02. The summed E-state index contributed by atoms with van der Waals surface area (Å²) in [7, 11) is 0. The number of halogens is 2. The van der Waals surface area contributed by atoms with Gasteiger partial charge in [0, 0.05) is 19.0 Å². The summed E-state index contributed by atoms with van der Waals surface area (Å²) in [6, 6.07) is 2.05. The molecule has 5 nitrogen and oxygen atoms in total. The van der Waals surface area contributed by atoms with Crippen molar-refractivity contribution in [2.45, 2.75) is 38.3 Å². The van der Waals surface area contributed by atoms with Gasteiger partial charge in [0.05, 0.1) is 25.1 Å². The molecule has 1 unspecified atom stereocenters. The van der Waals surface area contributed by atoms with Crippen LogP contribution in [0.2, 0.25) is 0 Å². The third-order valence-corrected chi connectivity index (χ3v) is 4.01. The van der Waals surface area contributed by atoms with Gasteiger partial charge in [-0.1, -0.05) is 6.07 Å². The summed E-state index contributed by atoms with van der Waals surface area (Å²) in [6.45, 7) is 1.57. The van der Waals surface area contributed by atoms with Crippen LogP contribution in [-0.4, -0.2) is 41.0 Å². The van der Waals surface area contributed by atoms with E-state index < -0.39 is 23.6 Å². The van der Waals surface area contributed by atoms with Gasteiger partial charge in [-0.15, -0.1) is 0 Å². The van der Waals surface area contributed by atoms with E-state index in [9.17, 15) is 23.5 Å². The zero-order chi connectivity index (χ0) is 17.0. The van der Waals surface area contributed by atoms with E-state index in [1.165, 1.54) is 17.9 Å². The lowest BCUT2D eigenvalue weighted by Crippen LogP contribution is -2.40. The van der Waals surface area contributed by atoms with Gasteiger partial charge in [0.1, 0.15) is 11.6 Å². The smallest absolute Gasteiger partial charge is 0.225 e. The lowest BCUT2D eigenvalue weighted by Gasteiger charge is -2.26. The highest BCUT2D eigenvalue weighted by Crippen LogP contribution is 2.26. The molecular weight excluding hydrogens is 306 g/mol. The summed E-state index contributed by atoms with van der Waals surface area (Å²) in [4.78, 5) is 25.3. The van der Waals surface area contributed by atoms with Crippen LogP contribution in [-0.2, 0) is 9.59 Å². The molecule has 1 saturated heterocycles. The number of nitrogens with one attached hydrogen (secondary N) is 1. The number of hydrogen-bond donors (Lipinski definition) is 2. The minimum absolute atomic E-state index is 0.148. The Kier molecular flexibility index (Phi) is 5.65. The molecule has 2 rings (SSSR count). The highest BCUT2D eigenvalue weighted by atomic mass is 19.1. The van der Waals surface area contributed by atoms with Crippen LogP contribution in [0.5, 0.6) is 0 Å². The van der Waals surface area contributed by atoms with Gasteiger partial charge >= 0.3 is 0 Å². The fourth-order valence-electron chi connectivity index (χ4n) is 2.96. The normalized spacial score (nSPS) is 18.8. The van der Waals surface area contributed by atoms with Crippen molar-refractivity contribution in [3.8, 4) is 0 Å². The van der Waals surface area contributed by atoms with Crippen molar-refractivity contribution in [3.05, 3.63) is 35.4 Å². The topological polar surface area (TPSA) is 69.6 Å². The Balaban J connectivity index is 2.22. The molecule has 0 bridgehead atoms. The molecule has 23 heavy (non-hydrogen) atoms. The molecule has 1 fully saturated rings. The second-order valence-electron chi connectivity index (χ2n) is 5.66. The number of carbonyl (C=O) groups is 2. The predicted octanol–water partition coefficient (Wildman–Crippen LogP) is 1.52. The number of aliphatic hydroxyl groups is 1. The van der Waals surface area contributed by atoms with Gasteiger partial charge in [-0.3, -0.25) is 9.59 Å². The number of amides is 2. The van der Waals surface area contributed by atoms with Crippen LogP contribution in [0.4, 0.5) is 8.78 Å². The standard InChI is InChI=1S/C16H20F2N2O3/c1-10(22)19-14(16-12(17)5-2-6-13(16)18)8-15(23)20-7-3-4-11(20)9-21/h2,5-6,11,14,21H,3-4,7-9H2,1H3,(H,19,22)/t11-,14?/m1/s1. The van der Waals surface area contributed by atoms with Gasteiger partial charge in [-0.25, -0.2) is 8.78 Å². The van der Waals surface area contributed by atoms with Crippen molar-refractivity contribution in [2.24, 2.45) is 0 Å². The molecule has 2 atom stereocenters. The number of nitrogens with zero attached hydrogens (tertiary/aromatic N) is 1. The van der Waals surface area contributed by atoms with E-state index in [1.54, 1.807) is 0 Å². The van der Waals surface area contributed by atoms with Crippen LogP contribution in [0.15, 0.2) is 18.2 Å². The van der Waals surface area contributed by atoms with Crippen molar-refractivity contribution in [2.75, 3.05) is 13.2 Å². The van der Waals surface area contributed by atoms with E-state index in [2.05, 4.69) is 5.32 Å². The van der Waals surface area contributed by atoms with Gasteiger partial charge in [-0.05, 0) is 25.0 Å². The second kappa shape index (κ2) is 7.50. The number of hydrogen-bond acceptors (Lipinski definition) is 3. The third kappa shape index (κ3) is 4.04. The number of likely N-dealkylation sites (tertiary alicyclic amines) is 1. The SMILES string of the molecule is CC(=O)NC(CC(=O)N1CCC[C@@H]1CO)c1c(F)cccc1F. The Morgan fingerprint density at radius 1 is 1.39 bits per heavy atom. The van der Waals surface area contributed by atoms with Gasteiger partial charge in [-0.2, -0.15) is 0 Å². The lowest BCUT2D eigenvalue weighted by atomic mass is 10.0. The first-order valence-electron chi connectivity index (χ1n) is 7.55. The Morgan fingerprint density at radius 2 is 2.04 bits per heavy atom. The quantitative estimate of drug-likeness (QED) is 0.862. The summed E-state index contributed by atoms with van der Waals surface area (Å²) in [5.74, 6) is -2.44. The highest BCUT2D eigenvalue weighted by Gasteiger charge is 2.31. The second-order valence-corrected chi connectivity index (χ2v) is 5.66. The Bertz CT molecular complexity index is 574. The van der Waals surface area contributed by atoms with Crippen LogP contribution in [0.25, 0.3) is 0 Å². The fourth-order valence-corrected chi connectivity index (χ4v) is 2.96. The van der Waals surface area contributed by atoms with Crippen LogP contribution in [0.3, 0.4) is 0 Å². The molecule has 1 aromatic rings. The summed E-state index contributed by atoms with van der Waals surface area (Å²) in [6.07, 6.45) is 1.21. The molecule has 2 N–H and O–H groups in total. The molecule has 0 aromatic heterocycles.